The van der Waals surface area contributed by atoms with Crippen molar-refractivity contribution in [3.05, 3.63) is 0 Å². The summed E-state index contributed by atoms with van der Waals surface area (Å²) in [4.78, 5) is 23.6. The van der Waals surface area contributed by atoms with Gasteiger partial charge in [0, 0.05) is 58.9 Å². The summed E-state index contributed by atoms with van der Waals surface area (Å²) in [6.45, 7) is 5.85. The first kappa shape index (κ1) is 34.8. The summed E-state index contributed by atoms with van der Waals surface area (Å²) in [7, 11) is 1.46. The van der Waals surface area contributed by atoms with Gasteiger partial charge in [0.1, 0.15) is 17.8 Å². The molecule has 2 heterocycles. The highest BCUT2D eigenvalue weighted by atomic mass is 16.5. The summed E-state index contributed by atoms with van der Waals surface area (Å²) in [5.41, 5.74) is -1.71. The molecule has 13 heteroatoms. The number of carbonyl (C=O) groups excluding carboxylic acids is 2. The van der Waals surface area contributed by atoms with Crippen molar-refractivity contribution in [3.8, 4) is 0 Å². The number of amides is 1. The van der Waals surface area contributed by atoms with Crippen molar-refractivity contribution < 1.29 is 58.8 Å². The minimum absolute atomic E-state index is 0.123. The molecule has 0 saturated carbocycles. The van der Waals surface area contributed by atoms with Gasteiger partial charge in [-0.1, -0.05) is 0 Å². The fraction of sp³-hybridized carbons (Fsp3) is 0.926. The Morgan fingerprint density at radius 1 is 0.975 bits per heavy atom. The number of hydrogen-bond donors (Lipinski definition) is 5. The summed E-state index contributed by atoms with van der Waals surface area (Å²) in [6, 6.07) is -0.476. The number of methoxy groups -OCH3 is 1. The van der Waals surface area contributed by atoms with E-state index in [0.29, 0.717) is 32.5 Å². The molecule has 40 heavy (non-hydrogen) atoms. The standard InChI is InChI=1S/C27H49NO12/c1-5-37-13-9-19-22(28-16(2)30)17(23(31)20(15-29)39-19)7-6-11-38-14-10-21-27(3,35)25(32)18(8-12-36-4)24(40-21)26(33)34/h17-25,29,31-32,35H,5-15H2,1-4H3,(H,28,30)(H,33,34)/p-1. The summed E-state index contributed by atoms with van der Waals surface area (Å²) < 4.78 is 27.7. The maximum atomic E-state index is 11.9. The van der Waals surface area contributed by atoms with Gasteiger partial charge < -0.3 is 59.3 Å². The maximum absolute atomic E-state index is 11.9. The van der Waals surface area contributed by atoms with Gasteiger partial charge in [-0.3, -0.25) is 4.79 Å². The van der Waals surface area contributed by atoms with Gasteiger partial charge in [-0.05, 0) is 46.0 Å². The molecule has 0 aliphatic carbocycles. The Bertz CT molecular complexity index is 768. The van der Waals surface area contributed by atoms with E-state index in [0.717, 1.165) is 0 Å². The molecule has 0 radical (unpaired) electrons. The smallest absolute Gasteiger partial charge is 0.217 e. The van der Waals surface area contributed by atoms with Gasteiger partial charge >= 0.3 is 0 Å². The molecule has 10 unspecified atom stereocenters. The topological polar surface area (TPSA) is 196 Å². The van der Waals surface area contributed by atoms with Crippen molar-refractivity contribution in [2.75, 3.05) is 46.8 Å². The number of carboxylic acid groups (broad SMARTS) is 1. The normalized spacial score (nSPS) is 36.4. The van der Waals surface area contributed by atoms with Crippen LogP contribution in [0, 0.1) is 11.8 Å². The minimum atomic E-state index is -1.71. The van der Waals surface area contributed by atoms with Crippen LogP contribution in [0.3, 0.4) is 0 Å². The summed E-state index contributed by atoms with van der Waals surface area (Å²) >= 11 is 0. The quantitative estimate of drug-likeness (QED) is 0.121. The van der Waals surface area contributed by atoms with Crippen LogP contribution in [0.25, 0.3) is 0 Å². The lowest BCUT2D eigenvalue weighted by Crippen LogP contribution is -2.65. The molecule has 0 spiro atoms. The van der Waals surface area contributed by atoms with Crippen molar-refractivity contribution in [2.24, 2.45) is 11.8 Å². The van der Waals surface area contributed by atoms with E-state index in [1.807, 2.05) is 6.92 Å². The average molecular weight is 579 g/mol. The van der Waals surface area contributed by atoms with Crippen molar-refractivity contribution in [1.82, 2.24) is 5.32 Å². The number of aliphatic carboxylic acids is 1. The monoisotopic (exact) mass is 578 g/mol. The number of rotatable bonds is 17. The van der Waals surface area contributed by atoms with Crippen LogP contribution in [-0.2, 0) is 33.3 Å². The van der Waals surface area contributed by atoms with Crippen molar-refractivity contribution in [2.45, 2.75) is 101 Å². The lowest BCUT2D eigenvalue weighted by molar-refractivity contribution is -0.336. The van der Waals surface area contributed by atoms with Gasteiger partial charge in [0.2, 0.25) is 5.91 Å². The van der Waals surface area contributed by atoms with Crippen LogP contribution in [0.1, 0.15) is 52.9 Å². The molecule has 2 saturated heterocycles. The van der Waals surface area contributed by atoms with Gasteiger partial charge in [-0.2, -0.15) is 0 Å². The second kappa shape index (κ2) is 16.9. The highest BCUT2D eigenvalue weighted by Crippen LogP contribution is 2.37. The number of hydrogen-bond acceptors (Lipinski definition) is 12. The Morgan fingerprint density at radius 2 is 1.68 bits per heavy atom. The van der Waals surface area contributed by atoms with Crippen LogP contribution < -0.4 is 10.4 Å². The Kier molecular flexibility index (Phi) is 14.7. The van der Waals surface area contributed by atoms with Gasteiger partial charge in [-0.25, -0.2) is 0 Å². The number of carbonyl (C=O) groups is 2. The van der Waals surface area contributed by atoms with Gasteiger partial charge in [0.05, 0.1) is 43.0 Å². The number of carboxylic acids is 1. The Morgan fingerprint density at radius 3 is 2.27 bits per heavy atom. The minimum Gasteiger partial charge on any atom is -0.547 e. The van der Waals surface area contributed by atoms with E-state index >= 15 is 0 Å². The lowest BCUT2D eigenvalue weighted by Gasteiger charge is -2.49. The van der Waals surface area contributed by atoms with Crippen LogP contribution in [0.4, 0.5) is 0 Å². The molecule has 0 bridgehead atoms. The summed E-state index contributed by atoms with van der Waals surface area (Å²) in [6.07, 6.45) is -4.20. The fourth-order valence-electron chi connectivity index (χ4n) is 5.75. The number of aliphatic hydroxyl groups excluding tert-OH is 3. The third-order valence-electron chi connectivity index (χ3n) is 7.93. The Hall–Kier alpha value is -1.42. The number of aliphatic hydroxyl groups is 4. The fourth-order valence-corrected chi connectivity index (χ4v) is 5.75. The maximum Gasteiger partial charge on any atom is 0.217 e. The largest absolute Gasteiger partial charge is 0.547 e. The van der Waals surface area contributed by atoms with Crippen molar-refractivity contribution in [1.29, 1.82) is 0 Å². The second-order valence-electron chi connectivity index (χ2n) is 10.8. The third-order valence-corrected chi connectivity index (χ3v) is 7.93. The molecule has 0 aromatic carbocycles. The van der Waals surface area contributed by atoms with Crippen molar-refractivity contribution in [3.63, 3.8) is 0 Å². The van der Waals surface area contributed by atoms with E-state index < -0.39 is 66.1 Å². The molecule has 2 fully saturated rings. The SMILES string of the molecule is CCOCCC1OC(CO)C(O)C(CCCOCCC2OC(C(=O)[O-])C(CCOC)C(O)C2(C)O)C1NC(C)=O. The van der Waals surface area contributed by atoms with E-state index in [9.17, 15) is 35.1 Å². The van der Waals surface area contributed by atoms with E-state index in [4.69, 9.17) is 23.7 Å². The zero-order valence-corrected chi connectivity index (χ0v) is 24.0. The molecule has 0 aromatic rings. The van der Waals surface area contributed by atoms with Crippen LogP contribution in [0.15, 0.2) is 0 Å². The van der Waals surface area contributed by atoms with Gasteiger partial charge in [-0.15, -0.1) is 0 Å². The van der Waals surface area contributed by atoms with Crippen LogP contribution >= 0.6 is 0 Å². The first-order valence-corrected chi connectivity index (χ1v) is 14.1. The highest BCUT2D eigenvalue weighted by molar-refractivity contribution is 5.73. The number of ether oxygens (including phenoxy) is 5. The zero-order valence-electron chi connectivity index (χ0n) is 24.0. The molecule has 2 rings (SSSR count). The first-order chi connectivity index (χ1) is 19.0. The summed E-state index contributed by atoms with van der Waals surface area (Å²) in [5.74, 6) is -3.01. The molecule has 234 valence electrons. The van der Waals surface area contributed by atoms with Crippen molar-refractivity contribution >= 4 is 11.9 Å². The summed E-state index contributed by atoms with van der Waals surface area (Å²) in [5, 5.41) is 56.9. The predicted octanol–water partition coefficient (Wildman–Crippen LogP) is -1.88. The van der Waals surface area contributed by atoms with Crippen LogP contribution in [-0.4, -0.2) is 127 Å². The van der Waals surface area contributed by atoms with E-state index in [1.54, 1.807) is 0 Å². The molecular formula is C27H48NO12-. The lowest BCUT2D eigenvalue weighted by atomic mass is 9.76. The van der Waals surface area contributed by atoms with Gasteiger partial charge in [0.15, 0.2) is 0 Å². The third kappa shape index (κ3) is 9.30. The molecular weight excluding hydrogens is 530 g/mol. The number of nitrogens with one attached hydrogen (secondary N) is 1. The molecule has 13 nitrogen and oxygen atoms in total. The predicted molar refractivity (Wildman–Crippen MR) is 139 cm³/mol. The molecule has 2 aliphatic heterocycles. The molecule has 1 amide bonds. The van der Waals surface area contributed by atoms with E-state index in [2.05, 4.69) is 5.32 Å². The molecule has 5 N–H and O–H groups in total. The Labute approximate surface area is 236 Å². The second-order valence-corrected chi connectivity index (χ2v) is 10.8. The Balaban J connectivity index is 1.93. The zero-order chi connectivity index (χ0) is 29.9. The first-order valence-electron chi connectivity index (χ1n) is 14.1. The molecule has 10 atom stereocenters. The van der Waals surface area contributed by atoms with Crippen LogP contribution in [0.5, 0.6) is 0 Å². The van der Waals surface area contributed by atoms with E-state index in [-0.39, 0.29) is 45.2 Å². The van der Waals surface area contributed by atoms with Crippen LogP contribution in [0.2, 0.25) is 0 Å². The molecule has 2 aliphatic rings. The van der Waals surface area contributed by atoms with Gasteiger partial charge in [0.25, 0.3) is 0 Å². The average Bonchev–Trinajstić information content (AvgIpc) is 2.90. The highest BCUT2D eigenvalue weighted by Gasteiger charge is 2.52. The van der Waals surface area contributed by atoms with E-state index in [1.165, 1.54) is 21.0 Å². The molecule has 0 aromatic heterocycles.